The molecule has 0 radical (unpaired) electrons. The van der Waals surface area contributed by atoms with E-state index < -0.39 is 9.05 Å². The summed E-state index contributed by atoms with van der Waals surface area (Å²) in [4.78, 5) is 0. The zero-order valence-electron chi connectivity index (χ0n) is 8.50. The molecule has 0 aliphatic rings. The van der Waals surface area contributed by atoms with Crippen LogP contribution >= 0.6 is 10.7 Å². The molecule has 0 amide bonds. The smallest absolute Gasteiger partial charge is 0.232 e. The molecule has 0 aromatic rings. The molecular weight excluding hydrogens is 212 g/mol. The predicted molar refractivity (Wildman–Crippen MR) is 54.5 cm³/mol. The second-order valence-electron chi connectivity index (χ2n) is 4.23. The van der Waals surface area contributed by atoms with E-state index in [2.05, 4.69) is 0 Å². The fourth-order valence-corrected chi connectivity index (χ4v) is 2.20. The number of halogens is 1. The third-order valence-electron chi connectivity index (χ3n) is 1.28. The molecule has 0 N–H and O–H groups in total. The average Bonchev–Trinajstić information content (AvgIpc) is 1.78. The summed E-state index contributed by atoms with van der Waals surface area (Å²) in [7, 11) is 1.70. The molecule has 0 aliphatic carbocycles. The van der Waals surface area contributed by atoms with Crippen molar-refractivity contribution < 1.29 is 13.2 Å². The lowest BCUT2D eigenvalue weighted by molar-refractivity contribution is -0.0163. The highest BCUT2D eigenvalue weighted by atomic mass is 35.7. The number of rotatable bonds is 4. The highest BCUT2D eigenvalue weighted by Crippen LogP contribution is 2.12. The maximum absolute atomic E-state index is 10.7. The van der Waals surface area contributed by atoms with Gasteiger partial charge >= 0.3 is 0 Å². The minimum Gasteiger partial charge on any atom is -0.376 e. The maximum atomic E-state index is 10.7. The van der Waals surface area contributed by atoms with Gasteiger partial charge in [0, 0.05) is 10.7 Å². The van der Waals surface area contributed by atoms with Gasteiger partial charge in [0.25, 0.3) is 0 Å². The first-order chi connectivity index (χ1) is 5.60. The summed E-state index contributed by atoms with van der Waals surface area (Å²) in [5.41, 5.74) is -0.232. The minimum atomic E-state index is -3.40. The van der Waals surface area contributed by atoms with E-state index >= 15 is 0 Å². The second kappa shape index (κ2) is 4.62. The molecule has 5 heteroatoms. The Bertz CT molecular complexity index is 241. The molecule has 0 bridgehead atoms. The van der Waals surface area contributed by atoms with Crippen molar-refractivity contribution in [3.05, 3.63) is 0 Å². The van der Waals surface area contributed by atoms with Gasteiger partial charge < -0.3 is 4.74 Å². The molecule has 0 heterocycles. The molecule has 13 heavy (non-hydrogen) atoms. The summed E-state index contributed by atoms with van der Waals surface area (Å²) in [6, 6.07) is 0. The molecule has 0 saturated carbocycles. The van der Waals surface area contributed by atoms with Gasteiger partial charge in [0.2, 0.25) is 9.05 Å². The zero-order valence-corrected chi connectivity index (χ0v) is 10.1. The number of ether oxygens (including phenoxy) is 1. The van der Waals surface area contributed by atoms with Gasteiger partial charge in [-0.2, -0.15) is 0 Å². The zero-order chi connectivity index (χ0) is 10.7. The van der Waals surface area contributed by atoms with Gasteiger partial charge in [0.1, 0.15) is 0 Å². The Balaban J connectivity index is 3.84. The first-order valence-electron chi connectivity index (χ1n) is 4.16. The van der Waals surface area contributed by atoms with Crippen molar-refractivity contribution in [2.24, 2.45) is 5.92 Å². The normalized spacial score (nSPS) is 15.8. The molecule has 3 nitrogen and oxygen atoms in total. The Morgan fingerprint density at radius 2 is 1.85 bits per heavy atom. The first kappa shape index (κ1) is 13.2. The van der Waals surface area contributed by atoms with Crippen LogP contribution < -0.4 is 0 Å². The van der Waals surface area contributed by atoms with E-state index in [9.17, 15) is 8.42 Å². The summed E-state index contributed by atoms with van der Waals surface area (Å²) in [6.45, 7) is 7.99. The summed E-state index contributed by atoms with van der Waals surface area (Å²) in [5.74, 6) is -0.105. The SMILES string of the molecule is CC(COC(C)(C)C)CS(=O)(=O)Cl. The summed E-state index contributed by atoms with van der Waals surface area (Å²) in [6.07, 6.45) is 0. The Morgan fingerprint density at radius 1 is 1.38 bits per heavy atom. The maximum Gasteiger partial charge on any atom is 0.232 e. The van der Waals surface area contributed by atoms with E-state index in [1.165, 1.54) is 0 Å². The third kappa shape index (κ3) is 10.1. The molecule has 0 rings (SSSR count). The molecule has 1 unspecified atom stereocenters. The molecule has 1 atom stereocenters. The van der Waals surface area contributed by atoms with Crippen molar-refractivity contribution in [2.45, 2.75) is 33.3 Å². The van der Waals surface area contributed by atoms with Crippen LogP contribution in [-0.2, 0) is 13.8 Å². The van der Waals surface area contributed by atoms with E-state index in [0.29, 0.717) is 6.61 Å². The van der Waals surface area contributed by atoms with Gasteiger partial charge in [0.15, 0.2) is 0 Å². The van der Waals surface area contributed by atoms with Crippen LogP contribution in [0.1, 0.15) is 27.7 Å². The monoisotopic (exact) mass is 228 g/mol. The summed E-state index contributed by atoms with van der Waals surface area (Å²) < 4.78 is 26.8. The van der Waals surface area contributed by atoms with Crippen molar-refractivity contribution in [1.82, 2.24) is 0 Å². The van der Waals surface area contributed by atoms with E-state index in [1.807, 2.05) is 20.8 Å². The lowest BCUT2D eigenvalue weighted by Crippen LogP contribution is -2.24. The highest BCUT2D eigenvalue weighted by Gasteiger charge is 2.16. The van der Waals surface area contributed by atoms with Crippen molar-refractivity contribution in [3.63, 3.8) is 0 Å². The van der Waals surface area contributed by atoms with Crippen molar-refractivity contribution in [1.29, 1.82) is 0 Å². The van der Waals surface area contributed by atoms with Crippen LogP contribution in [0.4, 0.5) is 0 Å². The Kier molecular flexibility index (Phi) is 4.69. The second-order valence-corrected chi connectivity index (χ2v) is 7.06. The summed E-state index contributed by atoms with van der Waals surface area (Å²) in [5, 5.41) is 0. The molecule has 0 spiro atoms. The van der Waals surface area contributed by atoms with Crippen molar-refractivity contribution in [3.8, 4) is 0 Å². The Hall–Kier alpha value is 0.200. The molecule has 0 saturated heterocycles. The van der Waals surface area contributed by atoms with E-state index in [1.54, 1.807) is 6.92 Å². The quantitative estimate of drug-likeness (QED) is 0.692. The lowest BCUT2D eigenvalue weighted by Gasteiger charge is -2.21. The largest absolute Gasteiger partial charge is 0.376 e. The molecule has 80 valence electrons. The Morgan fingerprint density at radius 3 is 2.15 bits per heavy atom. The standard InChI is InChI=1S/C8H17ClO3S/c1-7(6-13(9,10)11)5-12-8(2,3)4/h7H,5-6H2,1-4H3. The third-order valence-corrected chi connectivity index (χ3v) is 2.63. The minimum absolute atomic E-state index is 0.0371. The van der Waals surface area contributed by atoms with Crippen LogP contribution in [0.5, 0.6) is 0 Å². The van der Waals surface area contributed by atoms with Gasteiger partial charge in [0.05, 0.1) is 18.0 Å². The van der Waals surface area contributed by atoms with E-state index in [0.717, 1.165) is 0 Å². The average molecular weight is 229 g/mol. The van der Waals surface area contributed by atoms with Gasteiger partial charge in [-0.3, -0.25) is 0 Å². The van der Waals surface area contributed by atoms with Gasteiger partial charge in [-0.25, -0.2) is 8.42 Å². The van der Waals surface area contributed by atoms with Crippen LogP contribution in [0.3, 0.4) is 0 Å². The number of hydrogen-bond donors (Lipinski definition) is 0. The fraction of sp³-hybridized carbons (Fsp3) is 1.00. The predicted octanol–water partition coefficient (Wildman–Crippen LogP) is 2.01. The summed E-state index contributed by atoms with van der Waals surface area (Å²) >= 11 is 0. The highest BCUT2D eigenvalue weighted by molar-refractivity contribution is 8.13. The molecule has 0 aromatic heterocycles. The topological polar surface area (TPSA) is 43.4 Å². The Labute approximate surface area is 84.8 Å². The van der Waals surface area contributed by atoms with Gasteiger partial charge in [-0.1, -0.05) is 6.92 Å². The first-order valence-corrected chi connectivity index (χ1v) is 6.64. The van der Waals surface area contributed by atoms with Crippen LogP contribution in [0.15, 0.2) is 0 Å². The van der Waals surface area contributed by atoms with E-state index in [-0.39, 0.29) is 17.3 Å². The van der Waals surface area contributed by atoms with Crippen LogP contribution in [0.25, 0.3) is 0 Å². The molecule has 0 fully saturated rings. The van der Waals surface area contributed by atoms with Crippen LogP contribution in [-0.4, -0.2) is 26.4 Å². The number of hydrogen-bond acceptors (Lipinski definition) is 3. The van der Waals surface area contributed by atoms with Crippen molar-refractivity contribution >= 4 is 19.7 Å². The fourth-order valence-electron chi connectivity index (χ4n) is 0.780. The van der Waals surface area contributed by atoms with E-state index in [4.69, 9.17) is 15.4 Å². The lowest BCUT2D eigenvalue weighted by atomic mass is 10.2. The van der Waals surface area contributed by atoms with Crippen LogP contribution in [0.2, 0.25) is 0 Å². The van der Waals surface area contributed by atoms with Crippen LogP contribution in [0, 0.1) is 5.92 Å². The molecule has 0 aromatic carbocycles. The molecular formula is C8H17ClO3S. The van der Waals surface area contributed by atoms with Gasteiger partial charge in [-0.05, 0) is 26.7 Å². The molecule has 0 aliphatic heterocycles. The van der Waals surface area contributed by atoms with Crippen molar-refractivity contribution in [2.75, 3.05) is 12.4 Å². The van der Waals surface area contributed by atoms with Gasteiger partial charge in [-0.15, -0.1) is 0 Å².